The van der Waals surface area contributed by atoms with E-state index in [2.05, 4.69) is 41.5 Å². The molecule has 3 aliphatic rings. The SMILES string of the molecule is CC1CCC(C(C)C)C([C@H]2C[C@H]2C(=O)O[C@@H]2C[C@H](C)CC[C@H]2C(C)C)C1. The van der Waals surface area contributed by atoms with Crippen LogP contribution < -0.4 is 0 Å². The third-order valence-electron chi connectivity index (χ3n) is 7.99. The van der Waals surface area contributed by atoms with Gasteiger partial charge in [-0.3, -0.25) is 4.79 Å². The molecule has 2 heteroatoms. The molecule has 0 saturated heterocycles. The summed E-state index contributed by atoms with van der Waals surface area (Å²) in [6, 6.07) is 0. The first-order valence-corrected chi connectivity index (χ1v) is 11.5. The average molecular weight is 363 g/mol. The van der Waals surface area contributed by atoms with Crippen LogP contribution in [0.25, 0.3) is 0 Å². The summed E-state index contributed by atoms with van der Waals surface area (Å²) < 4.78 is 6.16. The molecule has 0 amide bonds. The molecule has 3 fully saturated rings. The number of hydrogen-bond acceptors (Lipinski definition) is 2. The maximum Gasteiger partial charge on any atom is 0.309 e. The van der Waals surface area contributed by atoms with Gasteiger partial charge in [0.25, 0.3) is 0 Å². The Kier molecular flexibility index (Phi) is 6.40. The van der Waals surface area contributed by atoms with Gasteiger partial charge >= 0.3 is 5.97 Å². The molecule has 0 radical (unpaired) electrons. The van der Waals surface area contributed by atoms with Crippen LogP contribution in [0, 0.1) is 53.3 Å². The fourth-order valence-electron chi connectivity index (χ4n) is 6.21. The lowest BCUT2D eigenvalue weighted by Crippen LogP contribution is -2.36. The van der Waals surface area contributed by atoms with E-state index in [0.717, 1.165) is 36.5 Å². The van der Waals surface area contributed by atoms with Crippen molar-refractivity contribution in [2.24, 2.45) is 53.3 Å². The van der Waals surface area contributed by atoms with Crippen molar-refractivity contribution in [3.8, 4) is 0 Å². The van der Waals surface area contributed by atoms with E-state index in [1.807, 2.05) is 0 Å². The van der Waals surface area contributed by atoms with Crippen molar-refractivity contribution in [2.45, 2.75) is 92.6 Å². The quantitative estimate of drug-likeness (QED) is 0.534. The Hall–Kier alpha value is -0.530. The van der Waals surface area contributed by atoms with Crippen LogP contribution in [0.2, 0.25) is 0 Å². The minimum atomic E-state index is 0.139. The van der Waals surface area contributed by atoms with E-state index in [1.165, 1.54) is 32.1 Å². The fraction of sp³-hybridized carbons (Fsp3) is 0.958. The van der Waals surface area contributed by atoms with Crippen molar-refractivity contribution < 1.29 is 9.53 Å². The lowest BCUT2D eigenvalue weighted by Gasteiger charge is -2.38. The van der Waals surface area contributed by atoms with E-state index >= 15 is 0 Å². The second-order valence-corrected chi connectivity index (χ2v) is 10.8. The number of esters is 1. The largest absolute Gasteiger partial charge is 0.462 e. The maximum atomic E-state index is 12.9. The molecule has 2 nitrogen and oxygen atoms in total. The summed E-state index contributed by atoms with van der Waals surface area (Å²) in [5, 5.41) is 0. The molecule has 0 spiro atoms. The van der Waals surface area contributed by atoms with Crippen molar-refractivity contribution in [1.82, 2.24) is 0 Å². The molecule has 3 saturated carbocycles. The number of hydrogen-bond donors (Lipinski definition) is 0. The molecule has 0 N–H and O–H groups in total. The summed E-state index contributed by atoms with van der Waals surface area (Å²) in [6.45, 7) is 14.0. The Bertz CT molecular complexity index is 483. The molecule has 0 aromatic heterocycles. The summed E-state index contributed by atoms with van der Waals surface area (Å²) in [4.78, 5) is 12.9. The molecule has 0 aliphatic heterocycles. The van der Waals surface area contributed by atoms with Gasteiger partial charge in [0.15, 0.2) is 0 Å². The van der Waals surface area contributed by atoms with Crippen molar-refractivity contribution in [3.63, 3.8) is 0 Å². The lowest BCUT2D eigenvalue weighted by molar-refractivity contribution is -0.158. The monoisotopic (exact) mass is 362 g/mol. The van der Waals surface area contributed by atoms with Crippen LogP contribution in [0.4, 0.5) is 0 Å². The summed E-state index contributed by atoms with van der Waals surface area (Å²) in [7, 11) is 0. The van der Waals surface area contributed by atoms with Crippen LogP contribution in [-0.2, 0) is 9.53 Å². The van der Waals surface area contributed by atoms with E-state index in [-0.39, 0.29) is 18.0 Å². The first kappa shape index (κ1) is 20.2. The van der Waals surface area contributed by atoms with E-state index in [1.54, 1.807) is 0 Å². The van der Waals surface area contributed by atoms with Crippen LogP contribution in [0.15, 0.2) is 0 Å². The molecule has 8 atom stereocenters. The number of carbonyl (C=O) groups is 1. The first-order valence-electron chi connectivity index (χ1n) is 11.5. The lowest BCUT2D eigenvalue weighted by atomic mass is 9.68. The van der Waals surface area contributed by atoms with Gasteiger partial charge in [0.1, 0.15) is 6.10 Å². The molecule has 0 bridgehead atoms. The van der Waals surface area contributed by atoms with Crippen molar-refractivity contribution >= 4 is 5.97 Å². The third-order valence-corrected chi connectivity index (χ3v) is 7.99. The van der Waals surface area contributed by atoms with E-state index in [4.69, 9.17) is 4.74 Å². The molecule has 0 aromatic rings. The zero-order chi connectivity index (χ0) is 19.0. The normalized spacial score (nSPS) is 43.5. The highest BCUT2D eigenvalue weighted by Gasteiger charge is 2.52. The zero-order valence-electron chi connectivity index (χ0n) is 18.0. The number of carbonyl (C=O) groups excluding carboxylic acids is 1. The van der Waals surface area contributed by atoms with Gasteiger partial charge in [0.2, 0.25) is 0 Å². The fourth-order valence-corrected chi connectivity index (χ4v) is 6.21. The van der Waals surface area contributed by atoms with Crippen LogP contribution in [0.5, 0.6) is 0 Å². The summed E-state index contributed by atoms with van der Waals surface area (Å²) in [5.74, 6) is 5.96. The minimum absolute atomic E-state index is 0.139. The highest BCUT2D eigenvalue weighted by molar-refractivity contribution is 5.76. The van der Waals surface area contributed by atoms with Crippen LogP contribution >= 0.6 is 0 Å². The molecule has 3 unspecified atom stereocenters. The minimum Gasteiger partial charge on any atom is -0.462 e. The molecule has 26 heavy (non-hydrogen) atoms. The van der Waals surface area contributed by atoms with Gasteiger partial charge in [-0.2, -0.15) is 0 Å². The van der Waals surface area contributed by atoms with E-state index in [9.17, 15) is 4.79 Å². The van der Waals surface area contributed by atoms with Crippen LogP contribution in [0.3, 0.4) is 0 Å². The third kappa shape index (κ3) is 4.47. The second-order valence-electron chi connectivity index (χ2n) is 10.8. The van der Waals surface area contributed by atoms with Crippen molar-refractivity contribution in [3.05, 3.63) is 0 Å². The average Bonchev–Trinajstić information content (AvgIpc) is 3.34. The Morgan fingerprint density at radius 3 is 1.96 bits per heavy atom. The van der Waals surface area contributed by atoms with Gasteiger partial charge in [-0.15, -0.1) is 0 Å². The predicted octanol–water partition coefficient (Wildman–Crippen LogP) is 6.33. The zero-order valence-corrected chi connectivity index (χ0v) is 18.0. The molecule has 0 heterocycles. The standard InChI is InChI=1S/C24H42O2/c1-14(2)18-9-7-16(5)11-20(18)21-13-22(21)24(25)26-23-12-17(6)8-10-19(23)15(3)4/h14-23H,7-13H2,1-6H3/t16?,17-,18?,19+,20?,21-,22-,23-/m1/s1. The molecule has 150 valence electrons. The summed E-state index contributed by atoms with van der Waals surface area (Å²) >= 11 is 0. The summed E-state index contributed by atoms with van der Waals surface area (Å²) in [5.41, 5.74) is 0. The Balaban J connectivity index is 1.59. The second kappa shape index (κ2) is 8.23. The van der Waals surface area contributed by atoms with Gasteiger partial charge in [-0.05, 0) is 79.4 Å². The van der Waals surface area contributed by atoms with Gasteiger partial charge in [0.05, 0.1) is 5.92 Å². The van der Waals surface area contributed by atoms with E-state index in [0.29, 0.717) is 23.7 Å². The van der Waals surface area contributed by atoms with Gasteiger partial charge in [-0.25, -0.2) is 0 Å². The molecule has 0 aromatic carbocycles. The molecular formula is C24H42O2. The van der Waals surface area contributed by atoms with Crippen molar-refractivity contribution in [1.29, 1.82) is 0 Å². The number of rotatable bonds is 5. The topological polar surface area (TPSA) is 26.3 Å². The summed E-state index contributed by atoms with van der Waals surface area (Å²) in [6.07, 6.45) is 8.90. The van der Waals surface area contributed by atoms with Crippen LogP contribution in [0.1, 0.15) is 86.5 Å². The van der Waals surface area contributed by atoms with Gasteiger partial charge in [-0.1, -0.05) is 54.4 Å². The highest BCUT2D eigenvalue weighted by atomic mass is 16.5. The Morgan fingerprint density at radius 2 is 1.35 bits per heavy atom. The first-order chi connectivity index (χ1) is 12.3. The van der Waals surface area contributed by atoms with Crippen LogP contribution in [-0.4, -0.2) is 12.1 Å². The smallest absolute Gasteiger partial charge is 0.309 e. The molecular weight excluding hydrogens is 320 g/mol. The molecule has 3 rings (SSSR count). The van der Waals surface area contributed by atoms with Crippen molar-refractivity contribution in [2.75, 3.05) is 0 Å². The Labute approximate surface area is 161 Å². The predicted molar refractivity (Wildman–Crippen MR) is 108 cm³/mol. The Morgan fingerprint density at radius 1 is 0.769 bits per heavy atom. The maximum absolute atomic E-state index is 12.9. The van der Waals surface area contributed by atoms with E-state index < -0.39 is 0 Å². The molecule has 3 aliphatic carbocycles. The number of ether oxygens (including phenoxy) is 1. The van der Waals surface area contributed by atoms with Gasteiger partial charge in [0, 0.05) is 0 Å². The highest BCUT2D eigenvalue weighted by Crippen LogP contribution is 2.54. The van der Waals surface area contributed by atoms with Gasteiger partial charge < -0.3 is 4.74 Å².